The molecule has 0 N–H and O–H groups in total. The molecular weight excluding hydrogens is 174 g/mol. The summed E-state index contributed by atoms with van der Waals surface area (Å²) in [7, 11) is 0. The lowest BCUT2D eigenvalue weighted by Crippen LogP contribution is -3.00. The molecule has 0 bridgehead atoms. The van der Waals surface area contributed by atoms with Gasteiger partial charge in [-0.05, 0) is 6.07 Å². The normalized spacial score (nSPS) is 8.09. The molecule has 0 aliphatic heterocycles. The molecule has 0 unspecified atom stereocenters. The zero-order valence-electron chi connectivity index (χ0n) is 5.26. The summed E-state index contributed by atoms with van der Waals surface area (Å²) in [6.07, 6.45) is 0. The molecule has 1 rings (SSSR count). The third-order valence-electron chi connectivity index (χ3n) is 1.02. The van der Waals surface area contributed by atoms with E-state index in [1.165, 1.54) is 12.1 Å². The van der Waals surface area contributed by atoms with E-state index in [1.807, 2.05) is 0 Å². The van der Waals surface area contributed by atoms with Crippen molar-refractivity contribution in [2.45, 2.75) is 0 Å². The van der Waals surface area contributed by atoms with Crippen molar-refractivity contribution in [2.75, 3.05) is 0 Å². The molecule has 0 heterocycles. The van der Waals surface area contributed by atoms with Crippen LogP contribution in [-0.2, 0) is 0 Å². The predicted molar refractivity (Wildman–Crippen MR) is 36.2 cm³/mol. The lowest BCUT2D eigenvalue weighted by Gasteiger charge is -1.85. The van der Waals surface area contributed by atoms with Crippen LogP contribution in [0.3, 0.4) is 0 Å². The third-order valence-corrected chi connectivity index (χ3v) is 1.31. The maximum Gasteiger partial charge on any atom is 0.386 e. The Morgan fingerprint density at radius 1 is 1.45 bits per heavy atom. The molecule has 1 aromatic carbocycles. The molecule has 0 amide bonds. The van der Waals surface area contributed by atoms with Gasteiger partial charge in [-0.3, -0.25) is 0 Å². The van der Waals surface area contributed by atoms with Crippen molar-refractivity contribution < 1.29 is 9.09 Å². The Morgan fingerprint density at radius 2 is 2.09 bits per heavy atom. The Kier molecular flexibility index (Phi) is 3.42. The molecule has 0 saturated heterocycles. The summed E-state index contributed by atoms with van der Waals surface area (Å²) in [5.74, 6) is -0.519. The Labute approximate surface area is 66.6 Å². The second-order valence-electron chi connectivity index (χ2n) is 1.70. The monoisotopic (exact) mass is 176 g/mol. The van der Waals surface area contributed by atoms with Crippen LogP contribution < -0.4 is 4.70 Å². The van der Waals surface area contributed by atoms with E-state index in [0.29, 0.717) is 0 Å². The second-order valence-corrected chi connectivity index (χ2v) is 2.11. The first-order valence-corrected chi connectivity index (χ1v) is 2.92. The Morgan fingerprint density at radius 3 is 2.55 bits per heavy atom. The number of hydrogen-bond acceptors (Lipinski definition) is 1. The second kappa shape index (κ2) is 3.84. The number of hydrogen-bond donors (Lipinski definition) is 0. The fourth-order valence-electron chi connectivity index (χ4n) is 0.547. The van der Waals surface area contributed by atoms with Gasteiger partial charge in [0, 0.05) is 6.07 Å². The first kappa shape index (κ1) is 9.79. The smallest absolute Gasteiger partial charge is 0.386 e. The van der Waals surface area contributed by atoms with Crippen LogP contribution in [0.25, 0.3) is 4.98 Å². The number of rotatable bonds is 0. The number of halogens is 3. The minimum Gasteiger partial charge on any atom is -1.00 e. The van der Waals surface area contributed by atoms with Crippen molar-refractivity contribution in [3.63, 3.8) is 0 Å². The van der Waals surface area contributed by atoms with E-state index in [2.05, 4.69) is 4.98 Å². The van der Waals surface area contributed by atoms with Crippen molar-refractivity contribution in [3.8, 4) is 0 Å². The van der Waals surface area contributed by atoms with Gasteiger partial charge < -0.3 is 4.70 Å². The Hall–Kier alpha value is -1.21. The molecule has 1 aromatic rings. The molecule has 0 atom stereocenters. The van der Waals surface area contributed by atoms with Crippen LogP contribution in [0.1, 0.15) is 0 Å². The first-order valence-electron chi connectivity index (χ1n) is 2.54. The van der Waals surface area contributed by atoms with Gasteiger partial charge in [-0.1, -0.05) is 11.6 Å². The van der Waals surface area contributed by atoms with Gasteiger partial charge in [0.05, 0.1) is 11.1 Å². The van der Waals surface area contributed by atoms with Crippen molar-refractivity contribution in [2.24, 2.45) is 0 Å². The molecule has 0 aromatic heterocycles. The van der Waals surface area contributed by atoms with E-state index in [0.717, 1.165) is 6.07 Å². The molecule has 5 heteroatoms. The van der Waals surface area contributed by atoms with Crippen molar-refractivity contribution in [1.29, 1.82) is 5.39 Å². The van der Waals surface area contributed by atoms with Gasteiger partial charge >= 0.3 is 5.69 Å². The van der Waals surface area contributed by atoms with Crippen LogP contribution in [0.5, 0.6) is 0 Å². The summed E-state index contributed by atoms with van der Waals surface area (Å²) in [5, 5.41) is 8.15. The maximum absolute atomic E-state index is 12.4. The zero-order chi connectivity index (χ0) is 7.56. The standard InChI is InChI=1S/C6H3ClFN2.FH/c7-5-3-4(10-9)1-2-6(5)8;/h1-3H;1H/q+1;/p-1. The van der Waals surface area contributed by atoms with Crippen molar-refractivity contribution in [3.05, 3.63) is 34.0 Å². The lowest BCUT2D eigenvalue weighted by atomic mass is 10.3. The fourth-order valence-corrected chi connectivity index (χ4v) is 0.722. The van der Waals surface area contributed by atoms with E-state index in [4.69, 9.17) is 17.0 Å². The summed E-state index contributed by atoms with van der Waals surface area (Å²) < 4.78 is 12.4. The molecule has 2 nitrogen and oxygen atoms in total. The molecule has 58 valence electrons. The molecule has 0 aliphatic carbocycles. The van der Waals surface area contributed by atoms with Crippen LogP contribution in [0, 0.1) is 11.2 Å². The van der Waals surface area contributed by atoms with Crippen molar-refractivity contribution >= 4 is 17.3 Å². The van der Waals surface area contributed by atoms with E-state index in [-0.39, 0.29) is 15.4 Å². The molecule has 0 radical (unpaired) electrons. The minimum atomic E-state index is -0.519. The highest BCUT2D eigenvalue weighted by Gasteiger charge is 2.07. The minimum absolute atomic E-state index is 0. The SMILES string of the molecule is N#[N+]c1ccc(F)c(Cl)c1.[F-]. The molecule has 0 saturated carbocycles. The summed E-state index contributed by atoms with van der Waals surface area (Å²) in [6, 6.07) is 3.69. The average molecular weight is 177 g/mol. The largest absolute Gasteiger partial charge is 1.00 e. The van der Waals surface area contributed by atoms with Crippen LogP contribution in [-0.4, -0.2) is 0 Å². The molecule has 0 spiro atoms. The molecule has 11 heavy (non-hydrogen) atoms. The summed E-state index contributed by atoms with van der Waals surface area (Å²) in [5.41, 5.74) is 0.242. The molecule has 0 aliphatic rings. The Balaban J connectivity index is 0.000001000. The van der Waals surface area contributed by atoms with Crippen LogP contribution in [0.4, 0.5) is 10.1 Å². The van der Waals surface area contributed by atoms with Crippen molar-refractivity contribution in [1.82, 2.24) is 0 Å². The van der Waals surface area contributed by atoms with Gasteiger partial charge in [-0.2, -0.15) is 0 Å². The zero-order valence-corrected chi connectivity index (χ0v) is 6.02. The van der Waals surface area contributed by atoms with Crippen LogP contribution in [0.2, 0.25) is 5.02 Å². The highest BCUT2D eigenvalue weighted by atomic mass is 35.5. The Bertz CT molecular complexity index is 295. The number of diazo groups is 1. The quantitative estimate of drug-likeness (QED) is 0.510. The van der Waals surface area contributed by atoms with Gasteiger partial charge in [0.25, 0.3) is 0 Å². The summed E-state index contributed by atoms with van der Waals surface area (Å²) >= 11 is 5.35. The first-order chi connectivity index (χ1) is 4.74. The predicted octanol–water partition coefficient (Wildman–Crippen LogP) is -0.0323. The highest BCUT2D eigenvalue weighted by Crippen LogP contribution is 2.20. The maximum atomic E-state index is 12.4. The average Bonchev–Trinajstić information content (AvgIpc) is 1.95. The van der Waals surface area contributed by atoms with Gasteiger partial charge in [0.15, 0.2) is 4.98 Å². The van der Waals surface area contributed by atoms with Gasteiger partial charge in [-0.25, -0.2) is 4.39 Å². The summed E-state index contributed by atoms with van der Waals surface area (Å²) in [4.78, 5) is 2.82. The fraction of sp³-hybridized carbons (Fsp3) is 0. The van der Waals surface area contributed by atoms with E-state index < -0.39 is 5.82 Å². The van der Waals surface area contributed by atoms with E-state index >= 15 is 0 Å². The van der Waals surface area contributed by atoms with E-state index in [1.54, 1.807) is 0 Å². The van der Waals surface area contributed by atoms with Gasteiger partial charge in [0.2, 0.25) is 5.39 Å². The third kappa shape index (κ3) is 2.13. The molecular formula is C6H3ClF2N2. The molecule has 0 fully saturated rings. The van der Waals surface area contributed by atoms with Crippen LogP contribution >= 0.6 is 11.6 Å². The van der Waals surface area contributed by atoms with Gasteiger partial charge in [0.1, 0.15) is 5.82 Å². The van der Waals surface area contributed by atoms with Crippen LogP contribution in [0.15, 0.2) is 18.2 Å². The summed E-state index contributed by atoms with van der Waals surface area (Å²) in [6.45, 7) is 0. The van der Waals surface area contributed by atoms with E-state index in [9.17, 15) is 4.39 Å². The number of benzene rings is 1. The lowest BCUT2D eigenvalue weighted by molar-refractivity contribution is -0.00000275. The highest BCUT2D eigenvalue weighted by molar-refractivity contribution is 6.31. The van der Waals surface area contributed by atoms with Gasteiger partial charge in [-0.15, -0.1) is 0 Å². The number of nitrogens with zero attached hydrogens (tertiary/aromatic N) is 2. The topological polar surface area (TPSA) is 28.1 Å².